The average molecular weight is 175 g/mol. The van der Waals surface area contributed by atoms with Crippen LogP contribution in [-0.4, -0.2) is 5.33 Å². The molecule has 46 valence electrons. The summed E-state index contributed by atoms with van der Waals surface area (Å²) in [4.78, 5) is 0. The summed E-state index contributed by atoms with van der Waals surface area (Å²) in [6.45, 7) is 0. The highest BCUT2D eigenvalue weighted by atomic mass is 79.9. The molecule has 0 nitrogen and oxygen atoms in total. The van der Waals surface area contributed by atoms with Crippen molar-refractivity contribution in [3.05, 3.63) is 0 Å². The lowest BCUT2D eigenvalue weighted by molar-refractivity contribution is 0.547. The van der Waals surface area contributed by atoms with Crippen molar-refractivity contribution >= 4 is 15.9 Å². The van der Waals surface area contributed by atoms with Gasteiger partial charge in [0.05, 0.1) is 0 Å². The largest absolute Gasteiger partial charge is 0.0925 e. The quantitative estimate of drug-likeness (QED) is 0.537. The Bertz CT molecular complexity index is 90.6. The predicted molar refractivity (Wildman–Crippen MR) is 38.1 cm³/mol. The minimum absolute atomic E-state index is 1.04. The van der Waals surface area contributed by atoms with Gasteiger partial charge in [0.2, 0.25) is 0 Å². The van der Waals surface area contributed by atoms with Gasteiger partial charge in [-0.2, -0.15) is 0 Å². The van der Waals surface area contributed by atoms with Crippen molar-refractivity contribution in [1.29, 1.82) is 0 Å². The third-order valence-electron chi connectivity index (χ3n) is 2.56. The second kappa shape index (κ2) is 1.73. The number of rotatable bonds is 1. The van der Waals surface area contributed by atoms with Crippen LogP contribution in [0.2, 0.25) is 0 Å². The summed E-state index contributed by atoms with van der Waals surface area (Å²) in [5.41, 5.74) is 0. The minimum Gasteiger partial charge on any atom is -0.0925 e. The van der Waals surface area contributed by atoms with E-state index in [4.69, 9.17) is 0 Å². The van der Waals surface area contributed by atoms with E-state index in [0.29, 0.717) is 0 Å². The Labute approximate surface area is 58.8 Å². The molecule has 2 fully saturated rings. The molecule has 1 heteroatoms. The Morgan fingerprint density at radius 3 is 2.12 bits per heavy atom. The lowest BCUT2D eigenvalue weighted by Gasteiger charge is -2.03. The zero-order valence-corrected chi connectivity index (χ0v) is 6.52. The number of halogens is 1. The zero-order valence-electron chi connectivity index (χ0n) is 4.94. The summed E-state index contributed by atoms with van der Waals surface area (Å²) in [6, 6.07) is 0. The molecule has 0 aromatic heterocycles. The molecule has 0 bridgehead atoms. The van der Waals surface area contributed by atoms with Crippen LogP contribution in [0.1, 0.15) is 19.3 Å². The summed E-state index contributed by atoms with van der Waals surface area (Å²) in [5.74, 6) is 3.37. The van der Waals surface area contributed by atoms with Gasteiger partial charge in [0, 0.05) is 5.33 Å². The number of hydrogen-bond acceptors (Lipinski definition) is 0. The van der Waals surface area contributed by atoms with Crippen molar-refractivity contribution in [2.45, 2.75) is 19.3 Å². The molecule has 2 atom stereocenters. The summed E-state index contributed by atoms with van der Waals surface area (Å²) >= 11 is 3.52. The van der Waals surface area contributed by atoms with Crippen LogP contribution in [0.25, 0.3) is 0 Å². The lowest BCUT2D eigenvalue weighted by Crippen LogP contribution is -1.96. The summed E-state index contributed by atoms with van der Waals surface area (Å²) in [7, 11) is 0. The molecule has 0 amide bonds. The first kappa shape index (κ1) is 5.28. The maximum Gasteiger partial charge on any atom is 0.00598 e. The molecular weight excluding hydrogens is 164 g/mol. The van der Waals surface area contributed by atoms with Crippen LogP contribution >= 0.6 is 15.9 Å². The van der Waals surface area contributed by atoms with Gasteiger partial charge >= 0.3 is 0 Å². The summed E-state index contributed by atoms with van der Waals surface area (Å²) < 4.78 is 0. The van der Waals surface area contributed by atoms with Gasteiger partial charge in [-0.3, -0.25) is 0 Å². The molecule has 2 rings (SSSR count). The maximum atomic E-state index is 3.52. The van der Waals surface area contributed by atoms with Crippen LogP contribution in [0.4, 0.5) is 0 Å². The molecule has 0 unspecified atom stereocenters. The fourth-order valence-electron chi connectivity index (χ4n) is 1.97. The van der Waals surface area contributed by atoms with Crippen LogP contribution in [0.3, 0.4) is 0 Å². The van der Waals surface area contributed by atoms with Crippen LogP contribution < -0.4 is 0 Å². The smallest absolute Gasteiger partial charge is 0.00598 e. The van der Waals surface area contributed by atoms with Gasteiger partial charge in [-0.1, -0.05) is 15.9 Å². The van der Waals surface area contributed by atoms with Crippen molar-refractivity contribution in [3.63, 3.8) is 0 Å². The molecule has 8 heavy (non-hydrogen) atoms. The van der Waals surface area contributed by atoms with Gasteiger partial charge < -0.3 is 0 Å². The van der Waals surface area contributed by atoms with Crippen molar-refractivity contribution in [1.82, 2.24) is 0 Å². The molecule has 0 aliphatic heterocycles. The molecule has 0 saturated heterocycles. The second-order valence-corrected chi connectivity index (χ2v) is 3.90. The zero-order chi connectivity index (χ0) is 5.56. The number of fused-ring (bicyclic) bond motifs is 1. The van der Waals surface area contributed by atoms with Gasteiger partial charge in [-0.25, -0.2) is 0 Å². The second-order valence-electron chi connectivity index (χ2n) is 3.25. The van der Waals surface area contributed by atoms with Gasteiger partial charge in [-0.05, 0) is 37.0 Å². The third-order valence-corrected chi connectivity index (χ3v) is 3.48. The SMILES string of the molecule is BrCC1C[C@@H]2C[C@H]2C1. The molecule has 0 aromatic rings. The Morgan fingerprint density at radius 1 is 1.12 bits per heavy atom. The Kier molecular flexibility index (Phi) is 1.14. The standard InChI is InChI=1S/C7H11Br/c8-4-5-1-6-3-7(6)2-5/h5-7H,1-4H2/t6-,7-/m1/s1. The topological polar surface area (TPSA) is 0 Å². The number of hydrogen-bond donors (Lipinski definition) is 0. The van der Waals surface area contributed by atoms with Crippen molar-refractivity contribution in [3.8, 4) is 0 Å². The first-order chi connectivity index (χ1) is 3.90. The van der Waals surface area contributed by atoms with Gasteiger partial charge in [0.1, 0.15) is 0 Å². The van der Waals surface area contributed by atoms with E-state index in [1.165, 1.54) is 18.2 Å². The highest BCUT2D eigenvalue weighted by molar-refractivity contribution is 9.09. The summed E-state index contributed by atoms with van der Waals surface area (Å²) in [5, 5.41) is 1.25. The fourth-order valence-corrected chi connectivity index (χ4v) is 2.49. The van der Waals surface area contributed by atoms with E-state index < -0.39 is 0 Å². The van der Waals surface area contributed by atoms with E-state index in [1.54, 1.807) is 6.42 Å². The monoisotopic (exact) mass is 174 g/mol. The van der Waals surface area contributed by atoms with E-state index in [2.05, 4.69) is 15.9 Å². The molecule has 0 spiro atoms. The third kappa shape index (κ3) is 0.717. The van der Waals surface area contributed by atoms with E-state index in [0.717, 1.165) is 17.8 Å². The molecule has 0 heterocycles. The highest BCUT2D eigenvalue weighted by Crippen LogP contribution is 2.54. The fraction of sp³-hybridized carbons (Fsp3) is 1.00. The van der Waals surface area contributed by atoms with Gasteiger partial charge in [-0.15, -0.1) is 0 Å². The number of alkyl halides is 1. The van der Waals surface area contributed by atoms with E-state index >= 15 is 0 Å². The Balaban J connectivity index is 1.89. The van der Waals surface area contributed by atoms with E-state index in [-0.39, 0.29) is 0 Å². The lowest BCUT2D eigenvalue weighted by atomic mass is 10.1. The maximum absolute atomic E-state index is 3.52. The summed E-state index contributed by atoms with van der Waals surface area (Å²) in [6.07, 6.45) is 4.61. The molecule has 0 aromatic carbocycles. The van der Waals surface area contributed by atoms with Crippen molar-refractivity contribution in [2.24, 2.45) is 17.8 Å². The van der Waals surface area contributed by atoms with Crippen LogP contribution in [0.15, 0.2) is 0 Å². The van der Waals surface area contributed by atoms with Crippen molar-refractivity contribution in [2.75, 3.05) is 5.33 Å². The predicted octanol–water partition coefficient (Wildman–Crippen LogP) is 2.43. The molecule has 2 aliphatic carbocycles. The van der Waals surface area contributed by atoms with Crippen molar-refractivity contribution < 1.29 is 0 Å². The molecule has 0 N–H and O–H groups in total. The highest BCUT2D eigenvalue weighted by Gasteiger charge is 2.44. The first-order valence-electron chi connectivity index (χ1n) is 3.46. The van der Waals surface area contributed by atoms with Crippen LogP contribution in [-0.2, 0) is 0 Å². The van der Waals surface area contributed by atoms with Crippen LogP contribution in [0.5, 0.6) is 0 Å². The minimum atomic E-state index is 1.04. The van der Waals surface area contributed by atoms with E-state index in [9.17, 15) is 0 Å². The molecule has 2 aliphatic rings. The molecular formula is C7H11Br. The Morgan fingerprint density at radius 2 is 1.75 bits per heavy atom. The van der Waals surface area contributed by atoms with Crippen LogP contribution in [0, 0.1) is 17.8 Å². The van der Waals surface area contributed by atoms with E-state index in [1.807, 2.05) is 0 Å². The van der Waals surface area contributed by atoms with Gasteiger partial charge in [0.15, 0.2) is 0 Å². The van der Waals surface area contributed by atoms with Gasteiger partial charge in [0.25, 0.3) is 0 Å². The molecule has 0 radical (unpaired) electrons. The molecule has 2 saturated carbocycles. The average Bonchev–Trinajstić information content (AvgIpc) is 2.40. The Hall–Kier alpha value is 0.480. The first-order valence-corrected chi connectivity index (χ1v) is 4.58. The normalized spacial score (nSPS) is 44.6.